The molecule has 4 aliphatic rings. The molecule has 0 amide bonds. The smallest absolute Gasteiger partial charge is 0.0322 e. The minimum atomic E-state index is -0.133. The third-order valence-corrected chi connectivity index (χ3v) is 9.10. The molecule has 0 N–H and O–H groups in total. The second kappa shape index (κ2) is 6.42. The summed E-state index contributed by atoms with van der Waals surface area (Å²) in [6, 6.07) is 18.3. The molecular weight excluding hydrogens is 408 g/mol. The van der Waals surface area contributed by atoms with Gasteiger partial charge in [0.05, 0.1) is 0 Å². The minimum absolute atomic E-state index is 0.0815. The first-order valence-corrected chi connectivity index (χ1v) is 12.7. The summed E-state index contributed by atoms with van der Waals surface area (Å²) in [5.74, 6) is 0. The highest BCUT2D eigenvalue weighted by atomic mass is 14.6. The molecule has 6 rings (SSSR count). The Labute approximate surface area is 204 Å². The zero-order valence-corrected chi connectivity index (χ0v) is 21.9. The molecule has 0 radical (unpaired) electrons. The highest BCUT2D eigenvalue weighted by molar-refractivity contribution is 6.07. The molecule has 0 heterocycles. The average molecular weight is 445 g/mol. The van der Waals surface area contributed by atoms with E-state index in [-0.39, 0.29) is 21.7 Å². The van der Waals surface area contributed by atoms with Crippen molar-refractivity contribution < 1.29 is 0 Å². The van der Waals surface area contributed by atoms with Gasteiger partial charge in [-0.3, -0.25) is 0 Å². The summed E-state index contributed by atoms with van der Waals surface area (Å²) in [7, 11) is 0. The van der Waals surface area contributed by atoms with Crippen LogP contribution in [0.4, 0.5) is 0 Å². The van der Waals surface area contributed by atoms with E-state index in [1.165, 1.54) is 55.0 Å². The molecule has 0 spiro atoms. The van der Waals surface area contributed by atoms with E-state index in [0.717, 1.165) is 0 Å². The van der Waals surface area contributed by atoms with Gasteiger partial charge >= 0.3 is 0 Å². The monoisotopic (exact) mass is 444 g/mol. The molecule has 2 aromatic rings. The molecule has 2 atom stereocenters. The van der Waals surface area contributed by atoms with Crippen molar-refractivity contribution in [3.63, 3.8) is 0 Å². The van der Waals surface area contributed by atoms with Gasteiger partial charge in [0.2, 0.25) is 0 Å². The lowest BCUT2D eigenvalue weighted by Gasteiger charge is -2.59. The summed E-state index contributed by atoms with van der Waals surface area (Å²) in [6.45, 7) is 19.1. The predicted molar refractivity (Wildman–Crippen MR) is 146 cm³/mol. The lowest BCUT2D eigenvalue weighted by atomic mass is 9.43. The van der Waals surface area contributed by atoms with Crippen LogP contribution in [0.2, 0.25) is 0 Å². The van der Waals surface area contributed by atoms with Crippen LogP contribution in [0.1, 0.15) is 66.5 Å². The number of hydrogen-bond donors (Lipinski definition) is 0. The summed E-state index contributed by atoms with van der Waals surface area (Å²) < 4.78 is 0. The Kier molecular flexibility index (Phi) is 4.09. The molecule has 0 aliphatic heterocycles. The van der Waals surface area contributed by atoms with Gasteiger partial charge in [-0.1, -0.05) is 128 Å². The van der Waals surface area contributed by atoms with Gasteiger partial charge in [-0.05, 0) is 65.8 Å². The first kappa shape index (κ1) is 21.7. The fraction of sp³-hybridized carbons (Fsp3) is 0.353. The van der Waals surface area contributed by atoms with Crippen LogP contribution in [0.15, 0.2) is 84.0 Å². The Morgan fingerprint density at radius 3 is 1.21 bits per heavy atom. The first-order chi connectivity index (χ1) is 15.9. The van der Waals surface area contributed by atoms with Crippen LogP contribution in [-0.2, 0) is 0 Å². The fourth-order valence-corrected chi connectivity index (χ4v) is 6.81. The van der Waals surface area contributed by atoms with Crippen molar-refractivity contribution in [2.24, 2.45) is 21.7 Å². The van der Waals surface area contributed by atoms with E-state index in [4.69, 9.17) is 0 Å². The molecular formula is C34H36. The zero-order valence-electron chi connectivity index (χ0n) is 21.9. The van der Waals surface area contributed by atoms with Gasteiger partial charge in [-0.15, -0.1) is 0 Å². The molecule has 0 bridgehead atoms. The van der Waals surface area contributed by atoms with Gasteiger partial charge in [0, 0.05) is 10.8 Å². The molecule has 0 heteroatoms. The highest BCUT2D eigenvalue weighted by Gasteiger charge is 2.60. The van der Waals surface area contributed by atoms with E-state index in [1.807, 2.05) is 0 Å². The minimum Gasteiger partial charge on any atom is -0.0616 e. The Balaban J connectivity index is 1.90. The summed E-state index contributed by atoms with van der Waals surface area (Å²) in [5, 5.41) is 2.80. The SMILES string of the molecule is CC(C)(C)C1=CC2=c3ccccc3=C3C=C(C(C)(C)C)C=C4c5ccccc5C(=C1)C2(C)C43C. The quantitative estimate of drug-likeness (QED) is 0.395. The third-order valence-electron chi connectivity index (χ3n) is 9.10. The fourth-order valence-electron chi connectivity index (χ4n) is 6.81. The largest absolute Gasteiger partial charge is 0.0616 e. The van der Waals surface area contributed by atoms with Gasteiger partial charge < -0.3 is 0 Å². The van der Waals surface area contributed by atoms with Crippen molar-refractivity contribution in [3.8, 4) is 0 Å². The maximum absolute atomic E-state index is 2.53. The van der Waals surface area contributed by atoms with Crippen molar-refractivity contribution in [3.05, 3.63) is 106 Å². The average Bonchev–Trinajstić information content (AvgIpc) is 2.77. The van der Waals surface area contributed by atoms with E-state index in [0.29, 0.717) is 0 Å². The van der Waals surface area contributed by atoms with Crippen LogP contribution >= 0.6 is 0 Å². The highest BCUT2D eigenvalue weighted by Crippen LogP contribution is 2.71. The van der Waals surface area contributed by atoms with Crippen LogP contribution in [0.25, 0.3) is 22.3 Å². The van der Waals surface area contributed by atoms with Crippen LogP contribution < -0.4 is 10.4 Å². The van der Waals surface area contributed by atoms with Crippen LogP contribution in [0, 0.1) is 21.7 Å². The van der Waals surface area contributed by atoms with Crippen molar-refractivity contribution >= 4 is 22.3 Å². The second-order valence-electron chi connectivity index (χ2n) is 13.0. The summed E-state index contributed by atoms with van der Waals surface area (Å²) >= 11 is 0. The van der Waals surface area contributed by atoms with Crippen LogP contribution in [0.5, 0.6) is 0 Å². The van der Waals surface area contributed by atoms with Gasteiger partial charge in [-0.2, -0.15) is 0 Å². The Bertz CT molecular complexity index is 1400. The van der Waals surface area contributed by atoms with E-state index in [1.54, 1.807) is 0 Å². The topological polar surface area (TPSA) is 0 Å². The lowest BCUT2D eigenvalue weighted by Crippen LogP contribution is -2.54. The van der Waals surface area contributed by atoms with Gasteiger partial charge in [0.25, 0.3) is 0 Å². The molecule has 2 aromatic carbocycles. The number of benzene rings is 2. The molecule has 0 nitrogen and oxygen atoms in total. The van der Waals surface area contributed by atoms with Crippen molar-refractivity contribution in [1.82, 2.24) is 0 Å². The normalized spacial score (nSPS) is 27.1. The second-order valence-corrected chi connectivity index (χ2v) is 13.0. The molecule has 0 aromatic heterocycles. The van der Waals surface area contributed by atoms with E-state index in [9.17, 15) is 0 Å². The molecule has 34 heavy (non-hydrogen) atoms. The number of hydrogen-bond acceptors (Lipinski definition) is 0. The molecule has 4 aliphatic carbocycles. The van der Waals surface area contributed by atoms with Gasteiger partial charge in [0.1, 0.15) is 0 Å². The lowest BCUT2D eigenvalue weighted by molar-refractivity contribution is 0.354. The van der Waals surface area contributed by atoms with Crippen molar-refractivity contribution in [1.29, 1.82) is 0 Å². The molecule has 172 valence electrons. The maximum atomic E-state index is 2.53. The summed E-state index contributed by atoms with van der Waals surface area (Å²) in [6.07, 6.45) is 10.1. The summed E-state index contributed by atoms with van der Waals surface area (Å²) in [4.78, 5) is 0. The van der Waals surface area contributed by atoms with E-state index < -0.39 is 0 Å². The Morgan fingerprint density at radius 2 is 0.853 bits per heavy atom. The molecule has 0 saturated heterocycles. The molecule has 0 fully saturated rings. The number of fused-ring (bicyclic) bond motifs is 4. The number of rotatable bonds is 0. The van der Waals surface area contributed by atoms with Crippen molar-refractivity contribution in [2.45, 2.75) is 55.4 Å². The van der Waals surface area contributed by atoms with Crippen molar-refractivity contribution in [2.75, 3.05) is 0 Å². The molecule has 0 saturated carbocycles. The Hall–Kier alpha value is -2.86. The third kappa shape index (κ3) is 2.50. The van der Waals surface area contributed by atoms with Crippen LogP contribution in [-0.4, -0.2) is 0 Å². The standard InChI is InChI=1S/C34H36/c1-31(2,3)21-17-27-23-13-9-11-15-25(23)29-19-22(32(4,5)6)20-30-26-16-12-10-14-24(26)28(18-21)33(27,7)34(29,30)8/h9-20H,1-8H3. The van der Waals surface area contributed by atoms with E-state index in [2.05, 4.69) is 128 Å². The van der Waals surface area contributed by atoms with Gasteiger partial charge in [0.15, 0.2) is 0 Å². The van der Waals surface area contributed by atoms with Crippen LogP contribution in [0.3, 0.4) is 0 Å². The van der Waals surface area contributed by atoms with Gasteiger partial charge in [-0.25, -0.2) is 0 Å². The van der Waals surface area contributed by atoms with E-state index >= 15 is 0 Å². The number of allylic oxidation sites excluding steroid dienone is 8. The molecule has 2 unspecified atom stereocenters. The maximum Gasteiger partial charge on any atom is 0.0322 e. The zero-order chi connectivity index (χ0) is 24.3. The Morgan fingerprint density at radius 1 is 0.500 bits per heavy atom. The predicted octanol–water partition coefficient (Wildman–Crippen LogP) is 7.47. The summed E-state index contributed by atoms with van der Waals surface area (Å²) in [5.41, 5.74) is 11.4. The first-order valence-electron chi connectivity index (χ1n) is 12.7.